The number of aromatic hydroxyl groups is 2. The van der Waals surface area contributed by atoms with Gasteiger partial charge in [-0.2, -0.15) is 0 Å². The van der Waals surface area contributed by atoms with Crippen molar-refractivity contribution in [3.63, 3.8) is 0 Å². The van der Waals surface area contributed by atoms with Gasteiger partial charge in [-0.05, 0) is 55.8 Å². The first-order chi connectivity index (χ1) is 15.8. The number of hydrogen-bond donors (Lipinski definition) is 3. The lowest BCUT2D eigenvalue weighted by Gasteiger charge is -2.20. The molecule has 2 amide bonds. The summed E-state index contributed by atoms with van der Waals surface area (Å²) in [6.07, 6.45) is 2.66. The number of phenols is 2. The zero-order valence-corrected chi connectivity index (χ0v) is 19.6. The van der Waals surface area contributed by atoms with Crippen LogP contribution in [0.3, 0.4) is 0 Å². The highest BCUT2D eigenvalue weighted by atomic mass is 16.5. The summed E-state index contributed by atoms with van der Waals surface area (Å²) in [4.78, 5) is 29.1. The molecule has 3 N–H and O–H groups in total. The van der Waals surface area contributed by atoms with Gasteiger partial charge in [0, 0.05) is 32.7 Å². The van der Waals surface area contributed by atoms with Crippen LogP contribution in [0.5, 0.6) is 17.2 Å². The standard InChI is InChI=1S/C25H33N3O5/c1-4-5-10-27(3)24(31)20-13-21(23(30)14-22(20)29)25(32)28-15-17-7-8-19(12-18(17)16-28)33-11-6-9-26-2/h7-8,12-14,26,29-30H,4-6,9-11,15-16H2,1-3H3. The lowest BCUT2D eigenvalue weighted by Crippen LogP contribution is -2.29. The third-order valence-electron chi connectivity index (χ3n) is 5.80. The zero-order valence-electron chi connectivity index (χ0n) is 19.6. The van der Waals surface area contributed by atoms with Crippen LogP contribution in [0.25, 0.3) is 0 Å². The highest BCUT2D eigenvalue weighted by molar-refractivity contribution is 6.03. The van der Waals surface area contributed by atoms with Crippen molar-refractivity contribution >= 4 is 11.8 Å². The van der Waals surface area contributed by atoms with E-state index in [0.29, 0.717) is 26.2 Å². The second-order valence-electron chi connectivity index (χ2n) is 8.36. The predicted molar refractivity (Wildman–Crippen MR) is 126 cm³/mol. The van der Waals surface area contributed by atoms with Gasteiger partial charge in [-0.3, -0.25) is 9.59 Å². The number of unbranched alkanes of at least 4 members (excludes halogenated alkanes) is 1. The third-order valence-corrected chi connectivity index (χ3v) is 5.80. The van der Waals surface area contributed by atoms with Gasteiger partial charge in [0.2, 0.25) is 0 Å². The summed E-state index contributed by atoms with van der Waals surface area (Å²) in [5.41, 5.74) is 2.00. The number of carbonyl (C=O) groups excluding carboxylic acids is 2. The number of nitrogens with one attached hydrogen (secondary N) is 1. The van der Waals surface area contributed by atoms with E-state index in [9.17, 15) is 19.8 Å². The van der Waals surface area contributed by atoms with Gasteiger partial charge in [0.05, 0.1) is 17.7 Å². The molecule has 0 aromatic heterocycles. The van der Waals surface area contributed by atoms with Crippen LogP contribution in [0.2, 0.25) is 0 Å². The van der Waals surface area contributed by atoms with Crippen LogP contribution in [0, 0.1) is 0 Å². The third kappa shape index (κ3) is 5.76. The van der Waals surface area contributed by atoms with Gasteiger partial charge in [-0.15, -0.1) is 0 Å². The van der Waals surface area contributed by atoms with E-state index in [1.165, 1.54) is 11.0 Å². The highest BCUT2D eigenvalue weighted by Gasteiger charge is 2.28. The Morgan fingerprint density at radius 2 is 1.79 bits per heavy atom. The van der Waals surface area contributed by atoms with Crippen molar-refractivity contribution < 1.29 is 24.5 Å². The molecule has 0 saturated carbocycles. The number of nitrogens with zero attached hydrogens (tertiary/aromatic N) is 2. The summed E-state index contributed by atoms with van der Waals surface area (Å²) in [5.74, 6) is -0.725. The van der Waals surface area contributed by atoms with Crippen molar-refractivity contribution in [3.05, 3.63) is 52.6 Å². The normalized spacial score (nSPS) is 12.5. The molecule has 2 aromatic carbocycles. The molecule has 1 heterocycles. The lowest BCUT2D eigenvalue weighted by atomic mass is 10.1. The summed E-state index contributed by atoms with van der Waals surface area (Å²) in [6, 6.07) is 8.14. The van der Waals surface area contributed by atoms with E-state index >= 15 is 0 Å². The van der Waals surface area contributed by atoms with Crippen LogP contribution < -0.4 is 10.1 Å². The van der Waals surface area contributed by atoms with Crippen molar-refractivity contribution in [3.8, 4) is 17.2 Å². The largest absolute Gasteiger partial charge is 0.507 e. The molecule has 0 spiro atoms. The van der Waals surface area contributed by atoms with E-state index in [2.05, 4.69) is 5.32 Å². The Hall–Kier alpha value is -3.26. The maximum Gasteiger partial charge on any atom is 0.258 e. The molecule has 1 aliphatic heterocycles. The number of amides is 2. The Morgan fingerprint density at radius 3 is 2.52 bits per heavy atom. The maximum atomic E-state index is 13.2. The molecule has 3 rings (SSSR count). The van der Waals surface area contributed by atoms with Crippen LogP contribution in [-0.4, -0.2) is 65.6 Å². The Balaban J connectivity index is 1.74. The molecule has 0 atom stereocenters. The molecule has 0 saturated heterocycles. The molecule has 2 aromatic rings. The van der Waals surface area contributed by atoms with E-state index in [1.807, 2.05) is 32.2 Å². The molecule has 33 heavy (non-hydrogen) atoms. The average Bonchev–Trinajstić information content (AvgIpc) is 3.23. The van der Waals surface area contributed by atoms with Crippen molar-refractivity contribution in [2.24, 2.45) is 0 Å². The molecule has 0 fully saturated rings. The van der Waals surface area contributed by atoms with Gasteiger partial charge >= 0.3 is 0 Å². The number of ether oxygens (including phenoxy) is 1. The minimum absolute atomic E-state index is 0.00335. The number of hydrogen-bond acceptors (Lipinski definition) is 6. The Labute approximate surface area is 194 Å². The maximum absolute atomic E-state index is 13.2. The first kappa shape index (κ1) is 24.4. The number of phenolic OH excluding ortho intramolecular Hbond substituents is 2. The lowest BCUT2D eigenvalue weighted by molar-refractivity contribution is 0.0748. The SMILES string of the molecule is CCCCN(C)C(=O)c1cc(C(=O)N2Cc3ccc(OCCCNC)cc3C2)c(O)cc1O. The summed E-state index contributed by atoms with van der Waals surface area (Å²) in [5, 5.41) is 23.7. The van der Waals surface area contributed by atoms with E-state index in [4.69, 9.17) is 4.74 Å². The van der Waals surface area contributed by atoms with E-state index < -0.39 is 5.91 Å². The second-order valence-corrected chi connectivity index (χ2v) is 8.36. The fourth-order valence-corrected chi connectivity index (χ4v) is 3.84. The van der Waals surface area contributed by atoms with Gasteiger partial charge in [-0.1, -0.05) is 19.4 Å². The molecular weight excluding hydrogens is 422 g/mol. The van der Waals surface area contributed by atoms with Crippen LogP contribution in [0.15, 0.2) is 30.3 Å². The van der Waals surface area contributed by atoms with Crippen LogP contribution in [0.1, 0.15) is 58.0 Å². The minimum atomic E-state index is -0.398. The Morgan fingerprint density at radius 1 is 1.06 bits per heavy atom. The van der Waals surface area contributed by atoms with Gasteiger partial charge in [0.15, 0.2) is 0 Å². The van der Waals surface area contributed by atoms with E-state index in [0.717, 1.165) is 48.8 Å². The predicted octanol–water partition coefficient (Wildman–Crippen LogP) is 3.11. The fraction of sp³-hybridized carbons (Fsp3) is 0.440. The fourth-order valence-electron chi connectivity index (χ4n) is 3.84. The molecular formula is C25H33N3O5. The minimum Gasteiger partial charge on any atom is -0.507 e. The monoisotopic (exact) mass is 455 g/mol. The second kappa shape index (κ2) is 11.0. The number of benzene rings is 2. The first-order valence-corrected chi connectivity index (χ1v) is 11.4. The average molecular weight is 456 g/mol. The number of rotatable bonds is 10. The summed E-state index contributed by atoms with van der Waals surface area (Å²) < 4.78 is 5.79. The van der Waals surface area contributed by atoms with Crippen molar-refractivity contribution in [1.29, 1.82) is 0 Å². The summed E-state index contributed by atoms with van der Waals surface area (Å²) in [6.45, 7) is 4.82. The highest BCUT2D eigenvalue weighted by Crippen LogP contribution is 2.33. The number of fused-ring (bicyclic) bond motifs is 1. The molecule has 0 bridgehead atoms. The molecule has 1 aliphatic rings. The van der Waals surface area contributed by atoms with Gasteiger partial charge < -0.3 is 30.1 Å². The van der Waals surface area contributed by atoms with Gasteiger partial charge in [0.1, 0.15) is 17.2 Å². The van der Waals surface area contributed by atoms with Gasteiger partial charge in [0.25, 0.3) is 11.8 Å². The summed E-state index contributed by atoms with van der Waals surface area (Å²) >= 11 is 0. The Bertz CT molecular complexity index is 1010. The Kier molecular flexibility index (Phi) is 8.16. The topological polar surface area (TPSA) is 102 Å². The quantitative estimate of drug-likeness (QED) is 0.476. The van der Waals surface area contributed by atoms with Crippen LogP contribution in [0.4, 0.5) is 0 Å². The first-order valence-electron chi connectivity index (χ1n) is 11.4. The smallest absolute Gasteiger partial charge is 0.258 e. The molecule has 0 radical (unpaired) electrons. The molecule has 8 nitrogen and oxygen atoms in total. The van der Waals surface area contributed by atoms with Gasteiger partial charge in [-0.25, -0.2) is 0 Å². The molecule has 178 valence electrons. The van der Waals surface area contributed by atoms with E-state index in [-0.39, 0.29) is 28.5 Å². The van der Waals surface area contributed by atoms with E-state index in [1.54, 1.807) is 11.9 Å². The molecule has 0 unspecified atom stereocenters. The summed E-state index contributed by atoms with van der Waals surface area (Å²) in [7, 11) is 3.55. The van der Waals surface area contributed by atoms with Crippen molar-refractivity contribution in [2.45, 2.75) is 39.3 Å². The number of carbonyl (C=O) groups is 2. The van der Waals surface area contributed by atoms with Crippen LogP contribution >= 0.6 is 0 Å². The molecule has 8 heteroatoms. The zero-order chi connectivity index (χ0) is 24.0. The van der Waals surface area contributed by atoms with Crippen LogP contribution in [-0.2, 0) is 13.1 Å². The van der Waals surface area contributed by atoms with Crippen molar-refractivity contribution in [1.82, 2.24) is 15.1 Å². The molecule has 0 aliphatic carbocycles. The van der Waals surface area contributed by atoms with Crippen molar-refractivity contribution in [2.75, 3.05) is 33.8 Å².